The molecule has 1 aromatic rings. The Labute approximate surface area is 90.7 Å². The van der Waals surface area contributed by atoms with Crippen LogP contribution in [0.1, 0.15) is 30.4 Å². The van der Waals surface area contributed by atoms with E-state index in [0.717, 1.165) is 12.1 Å². The molecule has 0 aliphatic carbocycles. The largest absolute Gasteiger partial charge is 0.481 e. The molecule has 0 saturated heterocycles. The first-order valence-electron chi connectivity index (χ1n) is 4.69. The van der Waals surface area contributed by atoms with Crippen molar-refractivity contribution in [3.8, 4) is 0 Å². The van der Waals surface area contributed by atoms with Crippen molar-refractivity contribution in [2.24, 2.45) is 0 Å². The number of alkyl halides is 3. The van der Waals surface area contributed by atoms with Gasteiger partial charge in [0.15, 0.2) is 0 Å². The lowest BCUT2D eigenvalue weighted by atomic mass is 9.96. The number of carboxylic acids is 1. The first kappa shape index (κ1) is 12.5. The number of hydrogen-bond acceptors (Lipinski definition) is 1. The second-order valence-corrected chi connectivity index (χ2v) is 3.62. The summed E-state index contributed by atoms with van der Waals surface area (Å²) in [6.45, 7) is 1.59. The predicted octanol–water partition coefficient (Wildman–Crippen LogP) is 3.28. The molecule has 0 aliphatic heterocycles. The van der Waals surface area contributed by atoms with E-state index in [9.17, 15) is 18.0 Å². The van der Waals surface area contributed by atoms with Gasteiger partial charge >= 0.3 is 12.1 Å². The fraction of sp³-hybridized carbons (Fsp3) is 0.364. The molecule has 1 rings (SSSR count). The third kappa shape index (κ3) is 3.25. The lowest BCUT2D eigenvalue weighted by Crippen LogP contribution is -2.07. The van der Waals surface area contributed by atoms with Gasteiger partial charge in [-0.1, -0.05) is 25.1 Å². The molecule has 0 heterocycles. The van der Waals surface area contributed by atoms with Gasteiger partial charge in [0.1, 0.15) is 0 Å². The lowest BCUT2D eigenvalue weighted by Gasteiger charge is -2.12. The molecule has 1 atom stereocenters. The van der Waals surface area contributed by atoms with Crippen LogP contribution in [-0.4, -0.2) is 11.1 Å². The van der Waals surface area contributed by atoms with Crippen molar-refractivity contribution in [3.05, 3.63) is 35.4 Å². The van der Waals surface area contributed by atoms with Crippen LogP contribution in [0.4, 0.5) is 13.2 Å². The standard InChI is InChI=1S/C11H11F3O2/c1-7(5-10(15)16)8-3-2-4-9(6-8)11(12,13)14/h2-4,6-7H,5H2,1H3,(H,15,16)/t7-/m0/s1. The van der Waals surface area contributed by atoms with Gasteiger partial charge in [-0.15, -0.1) is 0 Å². The highest BCUT2D eigenvalue weighted by molar-refractivity contribution is 5.67. The summed E-state index contributed by atoms with van der Waals surface area (Å²) in [4.78, 5) is 10.4. The number of rotatable bonds is 3. The molecule has 1 N–H and O–H groups in total. The molecule has 0 fully saturated rings. The molecule has 0 aromatic heterocycles. The molecule has 0 bridgehead atoms. The van der Waals surface area contributed by atoms with Gasteiger partial charge in [0.2, 0.25) is 0 Å². The molecule has 1 aromatic carbocycles. The highest BCUT2D eigenvalue weighted by Crippen LogP contribution is 2.31. The summed E-state index contributed by atoms with van der Waals surface area (Å²) in [5.74, 6) is -1.45. The second kappa shape index (κ2) is 4.55. The molecule has 5 heteroatoms. The Balaban J connectivity index is 2.94. The maximum absolute atomic E-state index is 12.4. The Morgan fingerprint density at radius 2 is 2.06 bits per heavy atom. The first-order valence-corrected chi connectivity index (χ1v) is 4.69. The van der Waals surface area contributed by atoms with E-state index in [2.05, 4.69) is 0 Å². The van der Waals surface area contributed by atoms with E-state index in [-0.39, 0.29) is 6.42 Å². The molecule has 0 spiro atoms. The molecule has 88 valence electrons. The fourth-order valence-corrected chi connectivity index (χ4v) is 1.40. The van der Waals surface area contributed by atoms with E-state index in [0.29, 0.717) is 5.56 Å². The molecular weight excluding hydrogens is 221 g/mol. The minimum absolute atomic E-state index is 0.179. The van der Waals surface area contributed by atoms with E-state index >= 15 is 0 Å². The minimum Gasteiger partial charge on any atom is -0.481 e. The molecule has 16 heavy (non-hydrogen) atoms. The number of hydrogen-bond donors (Lipinski definition) is 1. The second-order valence-electron chi connectivity index (χ2n) is 3.62. The molecule has 0 unspecified atom stereocenters. The fourth-order valence-electron chi connectivity index (χ4n) is 1.40. The summed E-state index contributed by atoms with van der Waals surface area (Å²) in [5, 5.41) is 8.55. The molecule has 0 aliphatic rings. The summed E-state index contributed by atoms with van der Waals surface area (Å²) in [5.41, 5.74) is -0.362. The van der Waals surface area contributed by atoms with Crippen LogP contribution in [0.2, 0.25) is 0 Å². The van der Waals surface area contributed by atoms with Crippen molar-refractivity contribution in [2.45, 2.75) is 25.4 Å². The van der Waals surface area contributed by atoms with Crippen molar-refractivity contribution in [1.29, 1.82) is 0 Å². The number of aliphatic carboxylic acids is 1. The summed E-state index contributed by atoms with van der Waals surface area (Å²) < 4.78 is 37.1. The third-order valence-corrected chi connectivity index (χ3v) is 2.26. The van der Waals surface area contributed by atoms with Crippen LogP contribution < -0.4 is 0 Å². The van der Waals surface area contributed by atoms with Gasteiger partial charge in [0.05, 0.1) is 12.0 Å². The van der Waals surface area contributed by atoms with Gasteiger partial charge in [-0.25, -0.2) is 0 Å². The van der Waals surface area contributed by atoms with Gasteiger partial charge in [-0.3, -0.25) is 4.79 Å². The Kier molecular flexibility index (Phi) is 3.57. The molecule has 0 radical (unpaired) electrons. The van der Waals surface area contributed by atoms with Gasteiger partial charge in [0.25, 0.3) is 0 Å². The maximum Gasteiger partial charge on any atom is 0.416 e. The zero-order valence-electron chi connectivity index (χ0n) is 8.58. The first-order chi connectivity index (χ1) is 7.30. The average molecular weight is 232 g/mol. The minimum atomic E-state index is -4.39. The van der Waals surface area contributed by atoms with Crippen LogP contribution in [0.3, 0.4) is 0 Å². The highest BCUT2D eigenvalue weighted by atomic mass is 19.4. The third-order valence-electron chi connectivity index (χ3n) is 2.26. The number of carbonyl (C=O) groups is 1. The van der Waals surface area contributed by atoms with E-state index in [1.807, 2.05) is 0 Å². The van der Waals surface area contributed by atoms with Crippen molar-refractivity contribution >= 4 is 5.97 Å². The van der Waals surface area contributed by atoms with E-state index in [1.165, 1.54) is 12.1 Å². The SMILES string of the molecule is C[C@@H](CC(=O)O)c1cccc(C(F)(F)F)c1. The van der Waals surface area contributed by atoms with Gasteiger partial charge < -0.3 is 5.11 Å². The van der Waals surface area contributed by atoms with Crippen LogP contribution in [-0.2, 0) is 11.0 Å². The molecule has 2 nitrogen and oxygen atoms in total. The van der Waals surface area contributed by atoms with Crippen LogP contribution in [0.25, 0.3) is 0 Å². The Morgan fingerprint density at radius 1 is 1.44 bits per heavy atom. The number of carboxylic acid groups (broad SMARTS) is 1. The van der Waals surface area contributed by atoms with Crippen LogP contribution in [0.15, 0.2) is 24.3 Å². The number of halogens is 3. The lowest BCUT2D eigenvalue weighted by molar-refractivity contribution is -0.138. The zero-order chi connectivity index (χ0) is 12.3. The van der Waals surface area contributed by atoms with Crippen molar-refractivity contribution in [3.63, 3.8) is 0 Å². The zero-order valence-corrected chi connectivity index (χ0v) is 8.58. The molecule has 0 saturated carbocycles. The van der Waals surface area contributed by atoms with Gasteiger partial charge in [-0.05, 0) is 17.5 Å². The summed E-state index contributed by atoms with van der Waals surface area (Å²) in [6, 6.07) is 4.75. The summed E-state index contributed by atoms with van der Waals surface area (Å²) >= 11 is 0. The predicted molar refractivity (Wildman–Crippen MR) is 52.1 cm³/mol. The van der Waals surface area contributed by atoms with Gasteiger partial charge in [-0.2, -0.15) is 13.2 Å². The average Bonchev–Trinajstić information content (AvgIpc) is 2.15. The topological polar surface area (TPSA) is 37.3 Å². The van der Waals surface area contributed by atoms with E-state index < -0.39 is 23.6 Å². The van der Waals surface area contributed by atoms with Crippen molar-refractivity contribution < 1.29 is 23.1 Å². The summed E-state index contributed by atoms with van der Waals surface area (Å²) in [6.07, 6.45) is -4.57. The Bertz CT molecular complexity index is 385. The van der Waals surface area contributed by atoms with Gasteiger partial charge in [0, 0.05) is 0 Å². The van der Waals surface area contributed by atoms with Crippen molar-refractivity contribution in [1.82, 2.24) is 0 Å². The van der Waals surface area contributed by atoms with Crippen LogP contribution in [0, 0.1) is 0 Å². The normalized spacial score (nSPS) is 13.5. The quantitative estimate of drug-likeness (QED) is 0.868. The highest BCUT2D eigenvalue weighted by Gasteiger charge is 2.30. The van der Waals surface area contributed by atoms with Crippen LogP contribution in [0.5, 0.6) is 0 Å². The van der Waals surface area contributed by atoms with Crippen LogP contribution >= 0.6 is 0 Å². The smallest absolute Gasteiger partial charge is 0.416 e. The summed E-state index contributed by atoms with van der Waals surface area (Å²) in [7, 11) is 0. The van der Waals surface area contributed by atoms with E-state index in [4.69, 9.17) is 5.11 Å². The van der Waals surface area contributed by atoms with Crippen molar-refractivity contribution in [2.75, 3.05) is 0 Å². The number of benzene rings is 1. The molecule has 0 amide bonds. The monoisotopic (exact) mass is 232 g/mol. The maximum atomic E-state index is 12.4. The van der Waals surface area contributed by atoms with E-state index in [1.54, 1.807) is 6.92 Å². The Morgan fingerprint density at radius 3 is 2.56 bits per heavy atom. The molecular formula is C11H11F3O2. The Hall–Kier alpha value is -1.52.